The molecule has 1 heterocycles. The summed E-state index contributed by atoms with van der Waals surface area (Å²) in [5.41, 5.74) is 1.17. The summed E-state index contributed by atoms with van der Waals surface area (Å²) in [6.07, 6.45) is 0.379. The molecule has 0 saturated carbocycles. The first-order chi connectivity index (χ1) is 6.75. The SMILES string of the molecule is Clc1ccc(I)c(COC2CNC2)c1. The van der Waals surface area contributed by atoms with E-state index in [0.717, 1.165) is 18.1 Å². The van der Waals surface area contributed by atoms with Crippen LogP contribution in [-0.2, 0) is 11.3 Å². The Bertz CT molecular complexity index is 328. The smallest absolute Gasteiger partial charge is 0.0828 e. The van der Waals surface area contributed by atoms with Gasteiger partial charge in [0.1, 0.15) is 0 Å². The van der Waals surface area contributed by atoms with Crippen molar-refractivity contribution in [2.24, 2.45) is 0 Å². The second-order valence-corrected chi connectivity index (χ2v) is 4.93. The molecule has 0 aromatic heterocycles. The third kappa shape index (κ3) is 2.59. The van der Waals surface area contributed by atoms with Crippen molar-refractivity contribution < 1.29 is 4.74 Å². The van der Waals surface area contributed by atoms with Crippen LogP contribution in [0.15, 0.2) is 18.2 Å². The summed E-state index contributed by atoms with van der Waals surface area (Å²) in [5, 5.41) is 3.94. The number of ether oxygens (including phenoxy) is 1. The van der Waals surface area contributed by atoms with Gasteiger partial charge in [-0.25, -0.2) is 0 Å². The Morgan fingerprint density at radius 1 is 1.50 bits per heavy atom. The molecule has 1 aromatic carbocycles. The number of hydrogen-bond acceptors (Lipinski definition) is 2. The molecule has 4 heteroatoms. The van der Waals surface area contributed by atoms with Crippen LogP contribution in [0.3, 0.4) is 0 Å². The highest BCUT2D eigenvalue weighted by Crippen LogP contribution is 2.19. The molecule has 1 N–H and O–H groups in total. The third-order valence-corrected chi connectivity index (χ3v) is 3.51. The van der Waals surface area contributed by atoms with Gasteiger partial charge in [-0.2, -0.15) is 0 Å². The van der Waals surface area contributed by atoms with Gasteiger partial charge in [-0.3, -0.25) is 0 Å². The molecule has 1 aromatic rings. The van der Waals surface area contributed by atoms with Gasteiger partial charge in [0.2, 0.25) is 0 Å². The Morgan fingerprint density at radius 3 is 2.93 bits per heavy atom. The number of nitrogens with one attached hydrogen (secondary N) is 1. The van der Waals surface area contributed by atoms with E-state index in [1.54, 1.807) is 0 Å². The van der Waals surface area contributed by atoms with E-state index in [2.05, 4.69) is 27.9 Å². The summed E-state index contributed by atoms with van der Waals surface area (Å²) < 4.78 is 6.88. The molecule has 1 aliphatic heterocycles. The van der Waals surface area contributed by atoms with Crippen LogP contribution in [0.2, 0.25) is 5.02 Å². The minimum atomic E-state index is 0.379. The van der Waals surface area contributed by atoms with E-state index in [4.69, 9.17) is 16.3 Å². The van der Waals surface area contributed by atoms with E-state index in [9.17, 15) is 0 Å². The number of hydrogen-bond donors (Lipinski definition) is 1. The normalized spacial score (nSPS) is 16.7. The van der Waals surface area contributed by atoms with Crippen LogP contribution in [0.25, 0.3) is 0 Å². The highest BCUT2D eigenvalue weighted by atomic mass is 127. The summed E-state index contributed by atoms with van der Waals surface area (Å²) >= 11 is 8.21. The van der Waals surface area contributed by atoms with Crippen LogP contribution in [-0.4, -0.2) is 19.2 Å². The minimum absolute atomic E-state index is 0.379. The highest BCUT2D eigenvalue weighted by Gasteiger charge is 2.17. The van der Waals surface area contributed by atoms with Crippen molar-refractivity contribution in [3.8, 4) is 0 Å². The lowest BCUT2D eigenvalue weighted by atomic mass is 10.2. The maximum atomic E-state index is 5.91. The van der Waals surface area contributed by atoms with Gasteiger partial charge >= 0.3 is 0 Å². The molecule has 0 radical (unpaired) electrons. The van der Waals surface area contributed by atoms with E-state index in [0.29, 0.717) is 12.7 Å². The minimum Gasteiger partial charge on any atom is -0.371 e. The number of benzene rings is 1. The number of rotatable bonds is 3. The topological polar surface area (TPSA) is 21.3 Å². The lowest BCUT2D eigenvalue weighted by Crippen LogP contribution is -2.48. The fraction of sp³-hybridized carbons (Fsp3) is 0.400. The molecule has 0 unspecified atom stereocenters. The molecule has 2 rings (SSSR count). The summed E-state index contributed by atoms with van der Waals surface area (Å²) in [4.78, 5) is 0. The first-order valence-electron chi connectivity index (χ1n) is 4.52. The molecule has 1 aliphatic rings. The van der Waals surface area contributed by atoms with Gasteiger partial charge in [-0.15, -0.1) is 0 Å². The Hall–Kier alpha value is 0.160. The second-order valence-electron chi connectivity index (χ2n) is 3.33. The first kappa shape index (κ1) is 10.7. The molecule has 1 fully saturated rings. The first-order valence-corrected chi connectivity index (χ1v) is 5.97. The van der Waals surface area contributed by atoms with Crippen LogP contribution in [0.1, 0.15) is 5.56 Å². The van der Waals surface area contributed by atoms with Crippen molar-refractivity contribution >= 4 is 34.2 Å². The van der Waals surface area contributed by atoms with Gasteiger partial charge in [0.15, 0.2) is 0 Å². The van der Waals surface area contributed by atoms with Crippen molar-refractivity contribution in [2.45, 2.75) is 12.7 Å². The Labute approximate surface area is 102 Å². The lowest BCUT2D eigenvalue weighted by Gasteiger charge is -2.27. The fourth-order valence-corrected chi connectivity index (χ4v) is 1.93. The average Bonchev–Trinajstić information content (AvgIpc) is 2.08. The van der Waals surface area contributed by atoms with Crippen LogP contribution in [0.4, 0.5) is 0 Å². The molecule has 0 spiro atoms. The lowest BCUT2D eigenvalue weighted by molar-refractivity contribution is 0.00730. The highest BCUT2D eigenvalue weighted by molar-refractivity contribution is 14.1. The molecular formula is C10H11ClINO. The van der Waals surface area contributed by atoms with Crippen LogP contribution in [0.5, 0.6) is 0 Å². The molecule has 0 bridgehead atoms. The van der Waals surface area contributed by atoms with Crippen molar-refractivity contribution in [3.63, 3.8) is 0 Å². The van der Waals surface area contributed by atoms with Crippen LogP contribution < -0.4 is 5.32 Å². The molecule has 0 atom stereocenters. The molecule has 1 saturated heterocycles. The van der Waals surface area contributed by atoms with E-state index >= 15 is 0 Å². The van der Waals surface area contributed by atoms with Gasteiger partial charge in [0.25, 0.3) is 0 Å². The molecule has 0 amide bonds. The maximum Gasteiger partial charge on any atom is 0.0828 e. The van der Waals surface area contributed by atoms with Gasteiger partial charge in [0.05, 0.1) is 12.7 Å². The van der Waals surface area contributed by atoms with Crippen molar-refractivity contribution in [1.82, 2.24) is 5.32 Å². The quantitative estimate of drug-likeness (QED) is 0.863. The Morgan fingerprint density at radius 2 is 2.29 bits per heavy atom. The maximum absolute atomic E-state index is 5.91. The predicted octanol–water partition coefficient (Wildman–Crippen LogP) is 2.43. The number of halogens is 2. The van der Waals surface area contributed by atoms with Gasteiger partial charge < -0.3 is 10.1 Å². The van der Waals surface area contributed by atoms with Gasteiger partial charge in [-0.05, 0) is 46.4 Å². The fourth-order valence-electron chi connectivity index (χ4n) is 1.24. The largest absolute Gasteiger partial charge is 0.371 e. The summed E-state index contributed by atoms with van der Waals surface area (Å²) in [6, 6.07) is 5.88. The van der Waals surface area contributed by atoms with Crippen molar-refractivity contribution in [2.75, 3.05) is 13.1 Å². The summed E-state index contributed by atoms with van der Waals surface area (Å²) in [6.45, 7) is 2.60. The zero-order valence-electron chi connectivity index (χ0n) is 7.59. The van der Waals surface area contributed by atoms with Crippen LogP contribution >= 0.6 is 34.2 Å². The molecule has 14 heavy (non-hydrogen) atoms. The summed E-state index contributed by atoms with van der Waals surface area (Å²) in [7, 11) is 0. The molecule has 0 aliphatic carbocycles. The molecule has 76 valence electrons. The summed E-state index contributed by atoms with van der Waals surface area (Å²) in [5.74, 6) is 0. The zero-order valence-corrected chi connectivity index (χ0v) is 10.5. The molecular weight excluding hydrogens is 312 g/mol. The van der Waals surface area contributed by atoms with E-state index in [1.165, 1.54) is 9.13 Å². The van der Waals surface area contributed by atoms with E-state index in [-0.39, 0.29) is 0 Å². The van der Waals surface area contributed by atoms with Crippen molar-refractivity contribution in [3.05, 3.63) is 32.4 Å². The van der Waals surface area contributed by atoms with E-state index in [1.807, 2.05) is 18.2 Å². The third-order valence-electron chi connectivity index (χ3n) is 2.23. The second kappa shape index (κ2) is 4.79. The standard InChI is InChI=1S/C10H11ClINO/c11-8-1-2-10(12)7(3-8)6-14-9-4-13-5-9/h1-3,9,13H,4-6H2. The van der Waals surface area contributed by atoms with Gasteiger partial charge in [0, 0.05) is 21.7 Å². The van der Waals surface area contributed by atoms with Gasteiger partial charge in [-0.1, -0.05) is 11.6 Å². The average molecular weight is 324 g/mol. The Balaban J connectivity index is 1.96. The van der Waals surface area contributed by atoms with Crippen molar-refractivity contribution in [1.29, 1.82) is 0 Å². The molecule has 2 nitrogen and oxygen atoms in total. The van der Waals surface area contributed by atoms with Crippen LogP contribution in [0, 0.1) is 3.57 Å². The predicted molar refractivity (Wildman–Crippen MR) is 65.6 cm³/mol. The zero-order chi connectivity index (χ0) is 9.97. The Kier molecular flexibility index (Phi) is 3.65. The monoisotopic (exact) mass is 323 g/mol. The van der Waals surface area contributed by atoms with E-state index < -0.39 is 0 Å².